The fourth-order valence-corrected chi connectivity index (χ4v) is 5.32. The van der Waals surface area contributed by atoms with Gasteiger partial charge in [0.15, 0.2) is 10.9 Å². The lowest BCUT2D eigenvalue weighted by Gasteiger charge is -2.18. The fraction of sp³-hybridized carbons (Fsp3) is 0.231. The number of halogens is 1. The molecule has 8 nitrogen and oxygen atoms in total. The molecule has 2 aromatic carbocycles. The zero-order valence-electron chi connectivity index (χ0n) is 20.3. The Morgan fingerprint density at radius 1 is 1.19 bits per heavy atom. The summed E-state index contributed by atoms with van der Waals surface area (Å²) in [6.07, 6.45) is 2.19. The summed E-state index contributed by atoms with van der Waals surface area (Å²) in [4.78, 5) is 30.9. The second kappa shape index (κ2) is 12.3. The number of hydrogen-bond acceptors (Lipinski definition) is 7. The van der Waals surface area contributed by atoms with Crippen LogP contribution in [0.3, 0.4) is 0 Å². The van der Waals surface area contributed by atoms with Gasteiger partial charge in [0, 0.05) is 36.0 Å². The molecule has 0 radical (unpaired) electrons. The van der Waals surface area contributed by atoms with Gasteiger partial charge in [0.25, 0.3) is 5.91 Å². The number of likely N-dealkylation sites (N-methyl/N-ethyl adjacent to an activating group) is 1. The topological polar surface area (TPSA) is 95.6 Å². The van der Waals surface area contributed by atoms with E-state index in [0.717, 1.165) is 17.9 Å². The summed E-state index contributed by atoms with van der Waals surface area (Å²) in [5.74, 6) is 0.340. The van der Waals surface area contributed by atoms with Crippen LogP contribution in [0.2, 0.25) is 5.02 Å². The van der Waals surface area contributed by atoms with Crippen LogP contribution >= 0.6 is 35.6 Å². The number of benzene rings is 2. The molecule has 4 rings (SSSR count). The number of nitrogens with zero attached hydrogens (tertiary/aromatic N) is 2. The highest BCUT2D eigenvalue weighted by molar-refractivity contribution is 7.98. The van der Waals surface area contributed by atoms with Gasteiger partial charge < -0.3 is 15.0 Å². The number of rotatable bonds is 7. The van der Waals surface area contributed by atoms with E-state index in [4.69, 9.17) is 28.6 Å². The Morgan fingerprint density at radius 3 is 2.73 bits per heavy atom. The molecule has 0 saturated carbocycles. The Kier molecular flexibility index (Phi) is 8.86. The molecule has 3 N–H and O–H groups in total. The first kappa shape index (κ1) is 26.7. The van der Waals surface area contributed by atoms with Crippen molar-refractivity contribution >= 4 is 64.1 Å². The Hall–Kier alpha value is -3.34. The number of amides is 1. The van der Waals surface area contributed by atoms with Gasteiger partial charge in [-0.05, 0) is 54.0 Å². The van der Waals surface area contributed by atoms with Crippen LogP contribution in [-0.2, 0) is 21.7 Å². The summed E-state index contributed by atoms with van der Waals surface area (Å²) >= 11 is 13.6. The number of carbonyl (C=O) groups excluding carboxylic acids is 2. The third-order valence-electron chi connectivity index (χ3n) is 5.65. The molecule has 3 aromatic rings. The SMILES string of the molecule is CCOC(=O)CN(C)C(=O)c1cnc(NNC(=S)Nc2cccc3c2Cc2ccccc2CS3)c(Cl)c1. The van der Waals surface area contributed by atoms with Crippen molar-refractivity contribution in [2.45, 2.75) is 24.0 Å². The molecular formula is C26H26ClN5O3S2. The average molecular weight is 556 g/mol. The molecule has 1 aliphatic heterocycles. The lowest BCUT2D eigenvalue weighted by atomic mass is 9.99. The summed E-state index contributed by atoms with van der Waals surface area (Å²) in [6, 6.07) is 16.1. The first-order valence-electron chi connectivity index (χ1n) is 11.6. The number of fused-ring (bicyclic) bond motifs is 2. The van der Waals surface area contributed by atoms with Crippen molar-refractivity contribution in [2.75, 3.05) is 30.9 Å². The van der Waals surface area contributed by atoms with Crippen LogP contribution in [0.1, 0.15) is 34.0 Å². The number of pyridine rings is 1. The molecule has 37 heavy (non-hydrogen) atoms. The van der Waals surface area contributed by atoms with Crippen molar-refractivity contribution in [3.05, 3.63) is 82.0 Å². The van der Waals surface area contributed by atoms with Crippen molar-refractivity contribution in [3.8, 4) is 0 Å². The van der Waals surface area contributed by atoms with Gasteiger partial charge in [-0.15, -0.1) is 11.8 Å². The van der Waals surface area contributed by atoms with E-state index >= 15 is 0 Å². The second-order valence-corrected chi connectivity index (χ2v) is 10.1. The predicted octanol–water partition coefficient (Wildman–Crippen LogP) is 4.88. The number of carbonyl (C=O) groups is 2. The van der Waals surface area contributed by atoms with Crippen LogP contribution in [0.25, 0.3) is 0 Å². The van der Waals surface area contributed by atoms with Crippen LogP contribution in [0.4, 0.5) is 11.5 Å². The van der Waals surface area contributed by atoms with Gasteiger partial charge in [0.2, 0.25) is 0 Å². The van der Waals surface area contributed by atoms with Crippen LogP contribution in [0.15, 0.2) is 59.6 Å². The molecule has 2 heterocycles. The molecule has 0 fully saturated rings. The highest BCUT2D eigenvalue weighted by atomic mass is 35.5. The lowest BCUT2D eigenvalue weighted by Crippen LogP contribution is -2.34. The van der Waals surface area contributed by atoms with Crippen molar-refractivity contribution in [1.82, 2.24) is 15.3 Å². The zero-order chi connectivity index (χ0) is 26.4. The first-order valence-corrected chi connectivity index (χ1v) is 13.3. The molecule has 1 aliphatic rings. The van der Waals surface area contributed by atoms with E-state index in [1.807, 2.05) is 23.9 Å². The van der Waals surface area contributed by atoms with Gasteiger partial charge >= 0.3 is 5.97 Å². The standard InChI is InChI=1S/C26H26ClN5O3S2/c1-3-35-23(33)14-32(2)25(34)18-12-20(27)24(28-13-18)30-31-26(36)29-21-9-6-10-22-19(21)11-16-7-4-5-8-17(16)15-37-22/h4-10,12-13H,3,11,14-15H2,1-2H3,(H,28,30)(H2,29,31,36). The maximum atomic E-state index is 12.6. The molecular weight excluding hydrogens is 530 g/mol. The van der Waals surface area contributed by atoms with E-state index in [2.05, 4.69) is 51.5 Å². The molecule has 192 valence electrons. The number of hydrazine groups is 1. The van der Waals surface area contributed by atoms with Crippen LogP contribution in [-0.4, -0.2) is 47.1 Å². The van der Waals surface area contributed by atoms with Gasteiger partial charge in [-0.3, -0.25) is 20.4 Å². The fourth-order valence-electron chi connectivity index (χ4n) is 3.83. The molecule has 0 spiro atoms. The lowest BCUT2D eigenvalue weighted by molar-refractivity contribution is -0.143. The summed E-state index contributed by atoms with van der Waals surface area (Å²) in [7, 11) is 1.51. The third kappa shape index (κ3) is 6.71. The van der Waals surface area contributed by atoms with Crippen LogP contribution in [0.5, 0.6) is 0 Å². The van der Waals surface area contributed by atoms with E-state index in [1.165, 1.54) is 45.8 Å². The quantitative estimate of drug-likeness (QED) is 0.214. The van der Waals surface area contributed by atoms with Gasteiger partial charge in [-0.1, -0.05) is 41.9 Å². The minimum absolute atomic E-state index is 0.168. The average Bonchev–Trinajstić information content (AvgIpc) is 3.08. The Balaban J connectivity index is 1.38. The molecule has 0 aliphatic carbocycles. The Bertz CT molecular complexity index is 1340. The van der Waals surface area contributed by atoms with Gasteiger partial charge in [-0.25, -0.2) is 4.98 Å². The molecule has 1 aromatic heterocycles. The minimum atomic E-state index is -0.487. The highest BCUT2D eigenvalue weighted by Gasteiger charge is 2.19. The Labute approximate surface area is 230 Å². The maximum Gasteiger partial charge on any atom is 0.325 e. The summed E-state index contributed by atoms with van der Waals surface area (Å²) in [6.45, 7) is 1.79. The van der Waals surface area contributed by atoms with Crippen molar-refractivity contribution in [2.24, 2.45) is 0 Å². The molecule has 0 saturated heterocycles. The number of esters is 1. The van der Waals surface area contributed by atoms with E-state index in [1.54, 1.807) is 6.92 Å². The second-order valence-electron chi connectivity index (χ2n) is 8.24. The van der Waals surface area contributed by atoms with E-state index in [-0.39, 0.29) is 23.7 Å². The summed E-state index contributed by atoms with van der Waals surface area (Å²) in [5.41, 5.74) is 10.8. The number of ether oxygens (including phenoxy) is 1. The molecule has 0 unspecified atom stereocenters. The predicted molar refractivity (Wildman–Crippen MR) is 151 cm³/mol. The number of thioether (sulfide) groups is 1. The first-order chi connectivity index (χ1) is 17.9. The van der Waals surface area contributed by atoms with E-state index in [0.29, 0.717) is 10.9 Å². The number of anilines is 2. The highest BCUT2D eigenvalue weighted by Crippen LogP contribution is 2.37. The molecule has 1 amide bonds. The summed E-state index contributed by atoms with van der Waals surface area (Å²) < 4.78 is 4.88. The minimum Gasteiger partial charge on any atom is -0.465 e. The van der Waals surface area contributed by atoms with E-state index < -0.39 is 11.9 Å². The Morgan fingerprint density at radius 2 is 1.97 bits per heavy atom. The van der Waals surface area contributed by atoms with Crippen LogP contribution in [0, 0.1) is 0 Å². The van der Waals surface area contributed by atoms with Crippen LogP contribution < -0.4 is 16.2 Å². The molecule has 11 heteroatoms. The van der Waals surface area contributed by atoms with Gasteiger partial charge in [0.1, 0.15) is 6.54 Å². The van der Waals surface area contributed by atoms with Crippen molar-refractivity contribution < 1.29 is 14.3 Å². The molecule has 0 bridgehead atoms. The zero-order valence-corrected chi connectivity index (χ0v) is 22.7. The van der Waals surface area contributed by atoms with Gasteiger partial charge in [0.05, 0.1) is 17.2 Å². The number of hydrogen-bond donors (Lipinski definition) is 3. The van der Waals surface area contributed by atoms with E-state index in [9.17, 15) is 9.59 Å². The largest absolute Gasteiger partial charge is 0.465 e. The maximum absolute atomic E-state index is 12.6. The van der Waals surface area contributed by atoms with Gasteiger partial charge in [-0.2, -0.15) is 0 Å². The van der Waals surface area contributed by atoms with Crippen molar-refractivity contribution in [3.63, 3.8) is 0 Å². The molecule has 0 atom stereocenters. The van der Waals surface area contributed by atoms with Crippen molar-refractivity contribution in [1.29, 1.82) is 0 Å². The number of thiocarbonyl (C=S) groups is 1. The smallest absolute Gasteiger partial charge is 0.325 e. The normalized spacial score (nSPS) is 11.9. The monoisotopic (exact) mass is 555 g/mol. The number of aromatic nitrogens is 1. The number of nitrogens with one attached hydrogen (secondary N) is 3. The summed E-state index contributed by atoms with van der Waals surface area (Å²) in [5, 5.41) is 3.81. The third-order valence-corrected chi connectivity index (χ3v) is 7.29.